The lowest BCUT2D eigenvalue weighted by atomic mass is 9.99. The van der Waals surface area contributed by atoms with Crippen molar-refractivity contribution in [2.24, 2.45) is 0 Å². The van der Waals surface area contributed by atoms with Crippen molar-refractivity contribution in [3.05, 3.63) is 135 Å². The van der Waals surface area contributed by atoms with Crippen LogP contribution in [-0.2, 0) is 28.0 Å². The minimum Gasteiger partial charge on any atom is -0.384 e. The SMILES string of the molecule is [2H]C1=C(SCc2cccc(F)c2F)N(CC(=O)N(C2CCN(C([2H])([2H])COC([2H])([2H])[2H])CC2)C([2H])([2H])c2ccc(-c3ccc(C(F)(F)F)cc3)cc2)c2c([2H])c([2H])c(C)c([2H])c2C1O. The van der Waals surface area contributed by atoms with E-state index < -0.39 is 98.8 Å². The van der Waals surface area contributed by atoms with E-state index in [0.29, 0.717) is 22.9 Å². The predicted molar refractivity (Wildman–Crippen MR) is 198 cm³/mol. The number of thioether (sulfide) groups is 1. The van der Waals surface area contributed by atoms with Gasteiger partial charge < -0.3 is 24.5 Å². The van der Waals surface area contributed by atoms with Crippen LogP contribution in [0.5, 0.6) is 0 Å². The molecule has 1 saturated heterocycles. The molecule has 0 aliphatic carbocycles. The fourth-order valence-corrected chi connectivity index (χ4v) is 7.09. The summed E-state index contributed by atoms with van der Waals surface area (Å²) in [5, 5.41) is 11.2. The summed E-state index contributed by atoms with van der Waals surface area (Å²) in [4.78, 5) is 18.3. The van der Waals surface area contributed by atoms with Gasteiger partial charge in [-0.3, -0.25) is 4.79 Å². The molecule has 6 nitrogen and oxygen atoms in total. The second kappa shape index (κ2) is 16.8. The van der Waals surface area contributed by atoms with Crippen molar-refractivity contribution < 1.29 is 51.7 Å². The number of nitrogens with zero attached hydrogens (tertiary/aromatic N) is 3. The summed E-state index contributed by atoms with van der Waals surface area (Å²) in [6, 6.07) is 10.4. The first-order chi connectivity index (χ1) is 29.7. The first kappa shape index (κ1) is 26.5. The van der Waals surface area contributed by atoms with Gasteiger partial charge in [0.05, 0.1) is 29.5 Å². The maximum atomic E-state index is 15.1. The number of ether oxygens (including phenoxy) is 1. The number of aliphatic hydroxyl groups is 1. The lowest BCUT2D eigenvalue weighted by Crippen LogP contribution is -2.50. The third kappa shape index (κ3) is 9.29. The molecule has 280 valence electrons. The fourth-order valence-electron chi connectivity index (χ4n) is 6.07. The van der Waals surface area contributed by atoms with E-state index in [1.807, 2.05) is 0 Å². The average molecular weight is 763 g/mol. The number of piperidine rings is 1. The monoisotopic (exact) mass is 762 g/mol. The van der Waals surface area contributed by atoms with Gasteiger partial charge in [0, 0.05) is 64.5 Å². The molecule has 2 aliphatic heterocycles. The summed E-state index contributed by atoms with van der Waals surface area (Å²) < 4.78 is 167. The summed E-state index contributed by atoms with van der Waals surface area (Å²) in [5.41, 5.74) is -0.886. The van der Waals surface area contributed by atoms with Crippen LogP contribution in [0.2, 0.25) is 0 Å². The molecule has 0 spiro atoms. The number of fused-ring (bicyclic) bond motifs is 1. The van der Waals surface area contributed by atoms with Crippen LogP contribution in [0, 0.1) is 18.6 Å². The number of alkyl halides is 3. The van der Waals surface area contributed by atoms with Crippen LogP contribution in [0.15, 0.2) is 95.9 Å². The summed E-state index contributed by atoms with van der Waals surface area (Å²) >= 11 is 0.704. The minimum atomic E-state index is -4.57. The van der Waals surface area contributed by atoms with E-state index in [1.54, 1.807) is 0 Å². The third-order valence-electron chi connectivity index (χ3n) is 8.82. The van der Waals surface area contributed by atoms with Gasteiger partial charge in [-0.15, -0.1) is 11.8 Å². The zero-order valence-electron chi connectivity index (χ0n) is 39.4. The molecular weight excluding hydrogens is 710 g/mol. The van der Waals surface area contributed by atoms with Crippen molar-refractivity contribution in [2.45, 2.75) is 50.3 Å². The summed E-state index contributed by atoms with van der Waals surface area (Å²) in [5.74, 6) is -3.68. The van der Waals surface area contributed by atoms with Crippen LogP contribution in [0.3, 0.4) is 0 Å². The fraction of sp³-hybridized carbons (Fsp3) is 0.341. The quantitative estimate of drug-likeness (QED) is 0.146. The van der Waals surface area contributed by atoms with Crippen LogP contribution in [0.25, 0.3) is 11.1 Å². The van der Waals surface area contributed by atoms with Gasteiger partial charge in [-0.25, -0.2) is 8.78 Å². The lowest BCUT2D eigenvalue weighted by Gasteiger charge is -2.40. The number of hydrogen-bond donors (Lipinski definition) is 1. The lowest BCUT2D eigenvalue weighted by molar-refractivity contribution is -0.137. The first-order valence-electron chi connectivity index (χ1n) is 22.1. The standard InChI is InChI=1S/C41H42F5N3O3S/c1-27-6-15-36-34(22-27)37(50)23-39(53-26-31-4-3-5-35(42)40(31)43)49(36)25-38(51)48(33-16-18-47(19-17-33)20-21-52-2)24-28-7-9-29(10-8-28)30-11-13-32(14-12-30)41(44,45)46/h3-15,22-23,33,37,50H,16-21,24-26H2,1-2H3/i2D3,6D,15D,20D2,22D,23D,24D2. The molecule has 1 fully saturated rings. The summed E-state index contributed by atoms with van der Waals surface area (Å²) in [6.07, 6.45) is -6.54. The highest BCUT2D eigenvalue weighted by molar-refractivity contribution is 8.02. The van der Waals surface area contributed by atoms with E-state index in [9.17, 15) is 29.8 Å². The Hall–Kier alpha value is -4.23. The molecule has 1 atom stereocenters. The van der Waals surface area contributed by atoms with Gasteiger partial charge in [-0.05, 0) is 66.7 Å². The Kier molecular flexibility index (Phi) is 8.43. The third-order valence-corrected chi connectivity index (χ3v) is 9.89. The van der Waals surface area contributed by atoms with Gasteiger partial charge >= 0.3 is 6.18 Å². The Morgan fingerprint density at radius 1 is 1.06 bits per heavy atom. The van der Waals surface area contributed by atoms with Gasteiger partial charge in [-0.1, -0.05) is 66.2 Å². The molecule has 2 heterocycles. The Balaban J connectivity index is 1.40. The number of methoxy groups -OCH3 is 1. The Morgan fingerprint density at radius 3 is 2.43 bits per heavy atom. The number of rotatable bonds is 12. The number of aliphatic hydroxyl groups excluding tert-OH is 1. The molecular formula is C41H42F5N3O3S. The highest BCUT2D eigenvalue weighted by atomic mass is 32.2. The van der Waals surface area contributed by atoms with Gasteiger partial charge in [0.2, 0.25) is 5.91 Å². The van der Waals surface area contributed by atoms with Crippen LogP contribution < -0.4 is 4.90 Å². The largest absolute Gasteiger partial charge is 0.416 e. The topological polar surface area (TPSA) is 56.3 Å². The highest BCUT2D eigenvalue weighted by Gasteiger charge is 2.33. The van der Waals surface area contributed by atoms with Crippen LogP contribution >= 0.6 is 11.8 Å². The van der Waals surface area contributed by atoms with E-state index in [-0.39, 0.29) is 64.7 Å². The Morgan fingerprint density at radius 2 is 1.75 bits per heavy atom. The molecule has 53 heavy (non-hydrogen) atoms. The second-order valence-corrected chi connectivity index (χ2v) is 13.4. The number of amides is 1. The first-order valence-corrected chi connectivity index (χ1v) is 17.5. The summed E-state index contributed by atoms with van der Waals surface area (Å²) in [7, 11) is -2.88. The Labute approximate surface area is 326 Å². The predicted octanol–water partition coefficient (Wildman–Crippen LogP) is 8.73. The van der Waals surface area contributed by atoms with Crippen molar-refractivity contribution in [1.29, 1.82) is 0 Å². The van der Waals surface area contributed by atoms with E-state index in [4.69, 9.17) is 17.1 Å². The van der Waals surface area contributed by atoms with Crippen LogP contribution in [-0.4, -0.2) is 66.6 Å². The normalized spacial score (nSPS) is 20.7. The van der Waals surface area contributed by atoms with Crippen molar-refractivity contribution in [1.82, 2.24) is 9.80 Å². The maximum Gasteiger partial charge on any atom is 0.416 e. The number of halogens is 5. The van der Waals surface area contributed by atoms with Crippen LogP contribution in [0.1, 0.15) is 61.8 Å². The van der Waals surface area contributed by atoms with Crippen molar-refractivity contribution in [3.63, 3.8) is 0 Å². The molecule has 1 N–H and O–H groups in total. The smallest absolute Gasteiger partial charge is 0.384 e. The summed E-state index contributed by atoms with van der Waals surface area (Å²) in [6.45, 7) is -5.52. The van der Waals surface area contributed by atoms with E-state index in [1.165, 1.54) is 60.4 Å². The van der Waals surface area contributed by atoms with E-state index in [0.717, 1.165) is 28.0 Å². The van der Waals surface area contributed by atoms with Gasteiger partial charge in [0.25, 0.3) is 0 Å². The minimum absolute atomic E-state index is 0.00611. The second-order valence-electron chi connectivity index (χ2n) is 12.4. The number of likely N-dealkylation sites (tertiary alicyclic amines) is 1. The molecule has 12 heteroatoms. The molecule has 4 aromatic rings. The molecule has 1 unspecified atom stereocenters. The zero-order valence-corrected chi connectivity index (χ0v) is 29.2. The highest BCUT2D eigenvalue weighted by Crippen LogP contribution is 2.41. The molecule has 6 rings (SSSR count). The van der Waals surface area contributed by atoms with E-state index >= 15 is 4.79 Å². The molecule has 0 aromatic heterocycles. The molecule has 0 saturated carbocycles. The number of benzene rings is 4. The van der Waals surface area contributed by atoms with Gasteiger partial charge in [0.15, 0.2) is 11.6 Å². The van der Waals surface area contributed by atoms with Crippen molar-refractivity contribution in [2.75, 3.05) is 44.7 Å². The number of carbonyl (C=O) groups excluding carboxylic acids is 1. The van der Waals surface area contributed by atoms with E-state index in [2.05, 4.69) is 0 Å². The molecule has 0 bridgehead atoms. The van der Waals surface area contributed by atoms with Crippen molar-refractivity contribution in [3.8, 4) is 11.1 Å². The number of carbonyl (C=O) groups is 1. The Bertz CT molecular complexity index is 2420. The van der Waals surface area contributed by atoms with Crippen LogP contribution in [0.4, 0.5) is 27.6 Å². The maximum absolute atomic E-state index is 15.1. The van der Waals surface area contributed by atoms with Gasteiger partial charge in [-0.2, -0.15) is 13.2 Å². The molecule has 1 amide bonds. The number of anilines is 1. The van der Waals surface area contributed by atoms with Gasteiger partial charge in [0.1, 0.15) is 12.6 Å². The van der Waals surface area contributed by atoms with Crippen molar-refractivity contribution >= 4 is 23.4 Å². The average Bonchev–Trinajstić information content (AvgIpc) is 3.23. The molecule has 4 aromatic carbocycles. The molecule has 0 radical (unpaired) electrons. The number of hydrogen-bond acceptors (Lipinski definition) is 6. The zero-order chi connectivity index (χ0) is 47.3. The molecule has 2 aliphatic rings.